The first kappa shape index (κ1) is 13.2. The molecule has 1 aliphatic heterocycles. The largest absolute Gasteiger partial charge is 0.481 e. The van der Waals surface area contributed by atoms with Crippen molar-refractivity contribution in [2.24, 2.45) is 5.92 Å². The van der Waals surface area contributed by atoms with Crippen molar-refractivity contribution in [3.05, 3.63) is 36.0 Å². The van der Waals surface area contributed by atoms with E-state index in [1.165, 1.54) is 0 Å². The van der Waals surface area contributed by atoms with Crippen LogP contribution in [0.5, 0.6) is 5.88 Å². The first-order chi connectivity index (χ1) is 9.78. The third-order valence-electron chi connectivity index (χ3n) is 3.27. The highest BCUT2D eigenvalue weighted by molar-refractivity contribution is 8.00. The second-order valence-electron chi connectivity index (χ2n) is 4.74. The summed E-state index contributed by atoms with van der Waals surface area (Å²) >= 11 is 1.87. The topological polar surface area (TPSA) is 48.4 Å². The lowest BCUT2D eigenvalue weighted by molar-refractivity contribution is 0.0451. The van der Waals surface area contributed by atoms with Crippen LogP contribution < -0.4 is 4.74 Å². The number of carbonyl (C=O) groups excluding carboxylic acids is 1. The predicted octanol–water partition coefficient (Wildman–Crippen LogP) is 2.76. The molecule has 1 aromatic carbocycles. The molecular formula is C15H15NO3S. The smallest absolute Gasteiger partial charge is 0.357 e. The van der Waals surface area contributed by atoms with Crippen molar-refractivity contribution in [2.45, 2.75) is 0 Å². The van der Waals surface area contributed by atoms with Gasteiger partial charge in [0, 0.05) is 22.8 Å². The van der Waals surface area contributed by atoms with E-state index >= 15 is 0 Å². The van der Waals surface area contributed by atoms with Gasteiger partial charge in [0.25, 0.3) is 0 Å². The van der Waals surface area contributed by atoms with Gasteiger partial charge < -0.3 is 9.47 Å². The standard InChI is InChI=1S/C15H15NO3S/c1-18-14-12-5-3-2-4-11(12)6-13(16-14)15(17)19-7-10-8-20-9-10/h2-6,10H,7-9H2,1H3. The fourth-order valence-electron chi connectivity index (χ4n) is 2.08. The van der Waals surface area contributed by atoms with E-state index in [-0.39, 0.29) is 5.97 Å². The van der Waals surface area contributed by atoms with Crippen LogP contribution in [-0.4, -0.2) is 36.2 Å². The Hall–Kier alpha value is -1.75. The molecule has 0 radical (unpaired) electrons. The van der Waals surface area contributed by atoms with E-state index in [0.717, 1.165) is 22.3 Å². The molecule has 1 aromatic heterocycles. The number of rotatable bonds is 4. The number of carbonyl (C=O) groups is 1. The Morgan fingerprint density at radius 3 is 2.90 bits per heavy atom. The summed E-state index contributed by atoms with van der Waals surface area (Å²) < 4.78 is 10.6. The Morgan fingerprint density at radius 2 is 2.20 bits per heavy atom. The van der Waals surface area contributed by atoms with Crippen molar-refractivity contribution in [3.8, 4) is 5.88 Å². The van der Waals surface area contributed by atoms with Gasteiger partial charge in [-0.25, -0.2) is 9.78 Å². The van der Waals surface area contributed by atoms with Gasteiger partial charge in [-0.05, 0) is 17.5 Å². The summed E-state index contributed by atoms with van der Waals surface area (Å²) in [5.41, 5.74) is 0.299. The molecule has 0 unspecified atom stereocenters. The molecule has 1 aliphatic rings. The van der Waals surface area contributed by atoms with Gasteiger partial charge in [-0.15, -0.1) is 0 Å². The third kappa shape index (κ3) is 2.58. The summed E-state index contributed by atoms with van der Waals surface area (Å²) in [6.07, 6.45) is 0. The number of pyridine rings is 1. The van der Waals surface area contributed by atoms with Crippen molar-refractivity contribution in [1.82, 2.24) is 4.98 Å². The second-order valence-corrected chi connectivity index (χ2v) is 5.81. The first-order valence-corrected chi connectivity index (χ1v) is 7.62. The van der Waals surface area contributed by atoms with Crippen LogP contribution >= 0.6 is 11.8 Å². The summed E-state index contributed by atoms with van der Waals surface area (Å²) in [6.45, 7) is 0.475. The Bertz CT molecular complexity index is 640. The fraction of sp³-hybridized carbons (Fsp3) is 0.333. The van der Waals surface area contributed by atoms with Gasteiger partial charge in [-0.3, -0.25) is 0 Å². The summed E-state index contributed by atoms with van der Waals surface area (Å²) in [5, 5.41) is 1.81. The molecule has 0 spiro atoms. The molecule has 5 heteroatoms. The fourth-order valence-corrected chi connectivity index (χ4v) is 2.84. The SMILES string of the molecule is COc1nc(C(=O)OCC2CSC2)cc2ccccc12. The maximum Gasteiger partial charge on any atom is 0.357 e. The second kappa shape index (κ2) is 5.71. The molecule has 3 rings (SSSR count). The van der Waals surface area contributed by atoms with Gasteiger partial charge in [-0.1, -0.05) is 18.2 Å². The summed E-state index contributed by atoms with van der Waals surface area (Å²) in [6, 6.07) is 9.43. The number of esters is 1. The molecule has 104 valence electrons. The van der Waals surface area contributed by atoms with Crippen LogP contribution in [-0.2, 0) is 4.74 Å². The molecule has 0 bridgehead atoms. The third-order valence-corrected chi connectivity index (χ3v) is 4.68. The summed E-state index contributed by atoms with van der Waals surface area (Å²) in [7, 11) is 1.55. The number of thioether (sulfide) groups is 1. The average molecular weight is 289 g/mol. The van der Waals surface area contributed by atoms with Crippen LogP contribution in [0.1, 0.15) is 10.5 Å². The lowest BCUT2D eigenvalue weighted by Gasteiger charge is -2.23. The highest BCUT2D eigenvalue weighted by Crippen LogP contribution is 2.26. The van der Waals surface area contributed by atoms with Crippen molar-refractivity contribution in [2.75, 3.05) is 25.2 Å². The van der Waals surface area contributed by atoms with Crippen LogP contribution in [0.15, 0.2) is 30.3 Å². The van der Waals surface area contributed by atoms with Crippen LogP contribution in [0.2, 0.25) is 0 Å². The molecule has 4 nitrogen and oxygen atoms in total. The van der Waals surface area contributed by atoms with Gasteiger partial charge in [0.1, 0.15) is 0 Å². The zero-order valence-corrected chi connectivity index (χ0v) is 12.0. The van der Waals surface area contributed by atoms with Crippen LogP contribution in [0.25, 0.3) is 10.8 Å². The Labute approximate surface area is 121 Å². The lowest BCUT2D eigenvalue weighted by Crippen LogP contribution is -2.25. The first-order valence-electron chi connectivity index (χ1n) is 6.46. The predicted molar refractivity (Wildman–Crippen MR) is 79.4 cm³/mol. The minimum absolute atomic E-state index is 0.299. The van der Waals surface area contributed by atoms with E-state index in [1.807, 2.05) is 36.0 Å². The number of hydrogen-bond donors (Lipinski definition) is 0. The minimum atomic E-state index is -0.383. The quantitative estimate of drug-likeness (QED) is 0.810. The van der Waals surface area contributed by atoms with Gasteiger partial charge >= 0.3 is 5.97 Å². The van der Waals surface area contributed by atoms with Gasteiger partial charge in [0.15, 0.2) is 5.69 Å². The monoisotopic (exact) mass is 289 g/mol. The van der Waals surface area contributed by atoms with E-state index in [2.05, 4.69) is 4.98 Å². The number of nitrogens with zero attached hydrogens (tertiary/aromatic N) is 1. The van der Waals surface area contributed by atoms with Crippen molar-refractivity contribution in [3.63, 3.8) is 0 Å². The number of benzene rings is 1. The zero-order valence-electron chi connectivity index (χ0n) is 11.2. The number of fused-ring (bicyclic) bond motifs is 1. The molecule has 0 N–H and O–H groups in total. The molecular weight excluding hydrogens is 274 g/mol. The lowest BCUT2D eigenvalue weighted by atomic mass is 10.1. The molecule has 2 heterocycles. The molecule has 1 fully saturated rings. The highest BCUT2D eigenvalue weighted by atomic mass is 32.2. The van der Waals surface area contributed by atoms with E-state index in [0.29, 0.717) is 24.1 Å². The number of ether oxygens (including phenoxy) is 2. The van der Waals surface area contributed by atoms with Crippen molar-refractivity contribution < 1.29 is 14.3 Å². The van der Waals surface area contributed by atoms with Gasteiger partial charge in [0.05, 0.1) is 13.7 Å². The van der Waals surface area contributed by atoms with Crippen LogP contribution in [0, 0.1) is 5.92 Å². The Morgan fingerprint density at radius 1 is 1.40 bits per heavy atom. The Balaban J connectivity index is 1.84. The molecule has 1 saturated heterocycles. The number of hydrogen-bond acceptors (Lipinski definition) is 5. The summed E-state index contributed by atoms with van der Waals surface area (Å²) in [4.78, 5) is 16.3. The van der Waals surface area contributed by atoms with Gasteiger partial charge in [0.2, 0.25) is 5.88 Å². The number of methoxy groups -OCH3 is 1. The maximum absolute atomic E-state index is 12.1. The van der Waals surface area contributed by atoms with E-state index in [4.69, 9.17) is 9.47 Å². The molecule has 20 heavy (non-hydrogen) atoms. The van der Waals surface area contributed by atoms with Gasteiger partial charge in [-0.2, -0.15) is 11.8 Å². The minimum Gasteiger partial charge on any atom is -0.481 e. The number of aromatic nitrogens is 1. The normalized spacial score (nSPS) is 14.8. The molecule has 0 aliphatic carbocycles. The summed E-state index contributed by atoms with van der Waals surface area (Å²) in [5.74, 6) is 2.70. The van der Waals surface area contributed by atoms with Crippen LogP contribution in [0.4, 0.5) is 0 Å². The van der Waals surface area contributed by atoms with E-state index in [1.54, 1.807) is 13.2 Å². The highest BCUT2D eigenvalue weighted by Gasteiger charge is 2.21. The maximum atomic E-state index is 12.1. The van der Waals surface area contributed by atoms with Crippen molar-refractivity contribution >= 4 is 28.5 Å². The van der Waals surface area contributed by atoms with Crippen LogP contribution in [0.3, 0.4) is 0 Å². The zero-order chi connectivity index (χ0) is 13.9. The Kier molecular flexibility index (Phi) is 3.78. The molecule has 2 aromatic rings. The van der Waals surface area contributed by atoms with E-state index in [9.17, 15) is 4.79 Å². The molecule has 0 amide bonds. The van der Waals surface area contributed by atoms with E-state index < -0.39 is 0 Å². The molecule has 0 saturated carbocycles. The van der Waals surface area contributed by atoms with Crippen molar-refractivity contribution in [1.29, 1.82) is 0 Å². The average Bonchev–Trinajstić information content (AvgIpc) is 2.44. The molecule has 0 atom stereocenters.